The second-order valence-corrected chi connectivity index (χ2v) is 9.86. The van der Waals surface area contributed by atoms with Gasteiger partial charge in [0.2, 0.25) is 0 Å². The van der Waals surface area contributed by atoms with Gasteiger partial charge in [0.15, 0.2) is 0 Å². The zero-order chi connectivity index (χ0) is 23.9. The van der Waals surface area contributed by atoms with Crippen LogP contribution in [0.15, 0.2) is 64.4 Å². The summed E-state index contributed by atoms with van der Waals surface area (Å²) in [5.74, 6) is 1.00. The van der Waals surface area contributed by atoms with E-state index < -0.39 is 26.1 Å². The van der Waals surface area contributed by atoms with Crippen molar-refractivity contribution in [3.63, 3.8) is 0 Å². The van der Waals surface area contributed by atoms with Gasteiger partial charge in [-0.1, -0.05) is 24.8 Å². The van der Waals surface area contributed by atoms with Crippen LogP contribution in [0.4, 0.5) is 5.69 Å². The van der Waals surface area contributed by atoms with Gasteiger partial charge in [-0.2, -0.15) is 8.42 Å². The van der Waals surface area contributed by atoms with Crippen LogP contribution in [0.2, 0.25) is 0 Å². The summed E-state index contributed by atoms with van der Waals surface area (Å²) < 4.78 is 63.5. The lowest BCUT2D eigenvalue weighted by Crippen LogP contribution is -2.23. The summed E-state index contributed by atoms with van der Waals surface area (Å²) in [5.41, 5.74) is 2.24. The van der Waals surface area contributed by atoms with E-state index in [4.69, 9.17) is 4.74 Å². The molecule has 0 saturated carbocycles. The number of hydrogen-bond acceptors (Lipinski definition) is 6. The Hall–Kier alpha value is -2.98. The molecule has 1 aliphatic rings. The zero-order valence-corrected chi connectivity index (χ0v) is 19.7. The highest BCUT2D eigenvalue weighted by Crippen LogP contribution is 2.40. The molecule has 3 aromatic rings. The summed E-state index contributed by atoms with van der Waals surface area (Å²) in [6.45, 7) is 9.63. The van der Waals surface area contributed by atoms with Crippen molar-refractivity contribution in [1.29, 1.82) is 0 Å². The minimum atomic E-state index is -4.74. The molecule has 0 spiro atoms. The minimum absolute atomic E-state index is 0.171. The lowest BCUT2D eigenvalue weighted by molar-refractivity contribution is 0.471. The van der Waals surface area contributed by atoms with Gasteiger partial charge in [-0.3, -0.25) is 8.76 Å². The number of anilines is 1. The molecule has 0 aliphatic carbocycles. The Morgan fingerprint density at radius 3 is 2.33 bits per heavy atom. The molecule has 7 nitrogen and oxygen atoms in total. The molecule has 9 heteroatoms. The Morgan fingerprint density at radius 2 is 1.70 bits per heavy atom. The van der Waals surface area contributed by atoms with E-state index in [-0.39, 0.29) is 10.5 Å². The monoisotopic (exact) mass is 484 g/mol. The van der Waals surface area contributed by atoms with E-state index in [0.29, 0.717) is 33.1 Å². The molecule has 1 unspecified atom stereocenters. The second-order valence-electron chi connectivity index (χ2n) is 7.53. The number of benzene rings is 3. The maximum atomic E-state index is 12.3. The standard InChI is InChI=1S/C24H23NO6S2/c1-4-25(5-2)16-7-10-19-22(13-16)31-21-12-15(3)6-9-18(21)24(19)20-11-8-17(32(26)27)14-23(20)33(28,29)30/h6-14H,3-5H2,1-2H3,(H,26,27)(H,28,29,30)/p-1. The van der Waals surface area contributed by atoms with Crippen LogP contribution < -0.4 is 20.1 Å². The van der Waals surface area contributed by atoms with Crippen molar-refractivity contribution in [2.24, 2.45) is 0 Å². The smallest absolute Gasteiger partial charge is 0.295 e. The van der Waals surface area contributed by atoms with Crippen LogP contribution in [0.5, 0.6) is 11.5 Å². The minimum Gasteiger partial charge on any atom is -0.768 e. The molecular formula is C24H22NO6S2-. The first kappa shape index (κ1) is 23.2. The van der Waals surface area contributed by atoms with E-state index in [1.165, 1.54) is 12.1 Å². The molecule has 1 heterocycles. The Morgan fingerprint density at radius 1 is 1.00 bits per heavy atom. The maximum Gasteiger partial charge on any atom is 0.295 e. The lowest BCUT2D eigenvalue weighted by atomic mass is 9.92. The normalized spacial score (nSPS) is 13.6. The van der Waals surface area contributed by atoms with Gasteiger partial charge in [0.05, 0.1) is 0 Å². The molecule has 33 heavy (non-hydrogen) atoms. The molecule has 1 atom stereocenters. The third-order valence-corrected chi connectivity index (χ3v) is 7.12. The highest BCUT2D eigenvalue weighted by molar-refractivity contribution is 7.86. The molecule has 3 aromatic carbocycles. The fourth-order valence-corrected chi connectivity index (χ4v) is 5.22. The van der Waals surface area contributed by atoms with Crippen molar-refractivity contribution >= 4 is 39.0 Å². The SMILES string of the molecule is C=c1ccc2c(c1)Oc1cc(N(CC)CC)ccc1C=2c1ccc(S(=O)[O-])cc1S(=O)(=O)O. The molecular weight excluding hydrogens is 462 g/mol. The van der Waals surface area contributed by atoms with Crippen molar-refractivity contribution in [3.8, 4) is 11.5 Å². The molecule has 1 aliphatic heterocycles. The van der Waals surface area contributed by atoms with Gasteiger partial charge in [0.1, 0.15) is 16.4 Å². The van der Waals surface area contributed by atoms with E-state index in [0.717, 1.165) is 24.8 Å². The molecule has 0 radical (unpaired) electrons. The van der Waals surface area contributed by atoms with Crippen LogP contribution in [0.1, 0.15) is 25.0 Å². The number of nitrogens with zero attached hydrogens (tertiary/aromatic N) is 1. The Balaban J connectivity index is 2.09. The number of ether oxygens (including phenoxy) is 1. The summed E-state index contributed by atoms with van der Waals surface area (Å²) in [5, 5.41) is 1.31. The molecule has 172 valence electrons. The maximum absolute atomic E-state index is 12.3. The highest BCUT2D eigenvalue weighted by Gasteiger charge is 2.26. The molecule has 0 fully saturated rings. The zero-order valence-electron chi connectivity index (χ0n) is 18.1. The largest absolute Gasteiger partial charge is 0.768 e. The number of rotatable bonds is 6. The average Bonchev–Trinajstić information content (AvgIpc) is 2.77. The molecule has 0 amide bonds. The van der Waals surface area contributed by atoms with E-state index in [9.17, 15) is 21.7 Å². The summed E-state index contributed by atoms with van der Waals surface area (Å²) in [4.78, 5) is 1.41. The number of hydrogen-bond donors (Lipinski definition) is 1. The summed E-state index contributed by atoms with van der Waals surface area (Å²) in [6, 6.07) is 14.6. The Bertz CT molecular complexity index is 1490. The van der Waals surface area contributed by atoms with E-state index in [1.54, 1.807) is 18.2 Å². The van der Waals surface area contributed by atoms with Crippen LogP contribution in [0.3, 0.4) is 0 Å². The summed E-state index contributed by atoms with van der Waals surface area (Å²) in [6.07, 6.45) is 0. The van der Waals surface area contributed by atoms with Crippen molar-refractivity contribution in [1.82, 2.24) is 0 Å². The molecule has 4 rings (SSSR count). The van der Waals surface area contributed by atoms with Crippen LogP contribution in [0, 0.1) is 0 Å². The third kappa shape index (κ3) is 4.32. The average molecular weight is 485 g/mol. The summed E-state index contributed by atoms with van der Waals surface area (Å²) >= 11 is -2.66. The number of fused-ring (bicyclic) bond motifs is 2. The predicted octanol–water partition coefficient (Wildman–Crippen LogP) is 2.78. The van der Waals surface area contributed by atoms with Gasteiger partial charge in [-0.15, -0.1) is 0 Å². The van der Waals surface area contributed by atoms with Crippen LogP contribution in [-0.2, 0) is 21.2 Å². The van der Waals surface area contributed by atoms with E-state index in [1.807, 2.05) is 32.0 Å². The van der Waals surface area contributed by atoms with Crippen molar-refractivity contribution in [2.45, 2.75) is 23.6 Å². The van der Waals surface area contributed by atoms with Gasteiger partial charge in [0.25, 0.3) is 10.1 Å². The van der Waals surface area contributed by atoms with E-state index in [2.05, 4.69) is 11.5 Å². The first-order valence-corrected chi connectivity index (χ1v) is 12.8. The fraction of sp³-hybridized carbons (Fsp3) is 0.167. The van der Waals surface area contributed by atoms with Crippen molar-refractivity contribution < 1.29 is 26.5 Å². The quantitative estimate of drug-likeness (QED) is 0.331. The molecule has 1 N–H and O–H groups in total. The van der Waals surface area contributed by atoms with Crippen LogP contribution in [-0.4, -0.2) is 34.8 Å². The van der Waals surface area contributed by atoms with Gasteiger partial charge in [0, 0.05) is 51.7 Å². The highest BCUT2D eigenvalue weighted by atomic mass is 32.2. The first-order valence-electron chi connectivity index (χ1n) is 10.3. The third-order valence-electron chi connectivity index (χ3n) is 5.59. The Kier molecular flexibility index (Phi) is 6.15. The van der Waals surface area contributed by atoms with Crippen LogP contribution >= 0.6 is 0 Å². The van der Waals surface area contributed by atoms with E-state index >= 15 is 0 Å². The fourth-order valence-electron chi connectivity index (χ4n) is 4.03. The van der Waals surface area contributed by atoms with Gasteiger partial charge in [-0.25, -0.2) is 0 Å². The van der Waals surface area contributed by atoms with Crippen molar-refractivity contribution in [3.05, 3.63) is 76.2 Å². The van der Waals surface area contributed by atoms with Gasteiger partial charge in [-0.05, 0) is 60.5 Å². The second kappa shape index (κ2) is 8.75. The van der Waals surface area contributed by atoms with Crippen molar-refractivity contribution in [2.75, 3.05) is 18.0 Å². The van der Waals surface area contributed by atoms with Gasteiger partial charge < -0.3 is 14.2 Å². The molecule has 0 aromatic heterocycles. The lowest BCUT2D eigenvalue weighted by Gasteiger charge is -2.26. The topological polar surface area (TPSA) is 107 Å². The predicted molar refractivity (Wildman–Crippen MR) is 126 cm³/mol. The summed E-state index contributed by atoms with van der Waals surface area (Å²) in [7, 11) is -4.74. The Labute approximate surface area is 194 Å². The molecule has 0 saturated heterocycles. The van der Waals surface area contributed by atoms with Gasteiger partial charge >= 0.3 is 0 Å². The van der Waals surface area contributed by atoms with Crippen LogP contribution in [0.25, 0.3) is 12.2 Å². The molecule has 0 bridgehead atoms. The first-order chi connectivity index (χ1) is 15.6.